The Bertz CT molecular complexity index is 80.1. The van der Waals surface area contributed by atoms with Crippen molar-refractivity contribution in [2.45, 2.75) is 11.8 Å². The standard InChI is InChI=1S/C2HF5OS/c3-1(4,5)8-2(6,7)9/h9H. The van der Waals surface area contributed by atoms with E-state index in [1.807, 2.05) is 0 Å². The second kappa shape index (κ2) is 2.30. The Morgan fingerprint density at radius 3 is 1.33 bits per heavy atom. The van der Waals surface area contributed by atoms with Gasteiger partial charge in [0.15, 0.2) is 0 Å². The fourth-order valence-electron chi connectivity index (χ4n) is 0.139. The Morgan fingerprint density at radius 1 is 1.00 bits per heavy atom. The van der Waals surface area contributed by atoms with Crippen LogP contribution >= 0.6 is 12.6 Å². The second-order valence-corrected chi connectivity index (χ2v) is 1.55. The van der Waals surface area contributed by atoms with Gasteiger partial charge in [0.25, 0.3) is 0 Å². The molecule has 9 heavy (non-hydrogen) atoms. The van der Waals surface area contributed by atoms with E-state index in [4.69, 9.17) is 0 Å². The summed E-state index contributed by atoms with van der Waals surface area (Å²) in [5, 5.41) is 0. The SMILES string of the molecule is FC(F)(F)OC(F)(F)S. The molecule has 0 unspecified atom stereocenters. The third-order valence-corrected chi connectivity index (χ3v) is 0.330. The first-order valence-corrected chi connectivity index (χ1v) is 2.02. The van der Waals surface area contributed by atoms with Crippen LogP contribution in [0.1, 0.15) is 0 Å². The van der Waals surface area contributed by atoms with E-state index >= 15 is 0 Å². The van der Waals surface area contributed by atoms with Gasteiger partial charge in [-0.1, -0.05) is 12.6 Å². The highest BCUT2D eigenvalue weighted by molar-refractivity contribution is 7.81. The molecule has 0 radical (unpaired) electrons. The summed E-state index contributed by atoms with van der Waals surface area (Å²) in [5.74, 6) is 0. The summed E-state index contributed by atoms with van der Waals surface area (Å²) in [7, 11) is 0. The van der Waals surface area contributed by atoms with Crippen LogP contribution in [-0.4, -0.2) is 11.8 Å². The Kier molecular flexibility index (Phi) is 2.29. The van der Waals surface area contributed by atoms with E-state index in [1.54, 1.807) is 0 Å². The number of ether oxygens (including phenoxy) is 1. The Labute approximate surface area is 52.2 Å². The van der Waals surface area contributed by atoms with Crippen LogP contribution in [0.25, 0.3) is 0 Å². The first-order chi connectivity index (χ1) is 3.71. The van der Waals surface area contributed by atoms with Gasteiger partial charge >= 0.3 is 11.8 Å². The molecule has 0 spiro atoms. The van der Waals surface area contributed by atoms with Crippen molar-refractivity contribution in [1.82, 2.24) is 0 Å². The van der Waals surface area contributed by atoms with E-state index in [-0.39, 0.29) is 0 Å². The summed E-state index contributed by atoms with van der Waals surface area (Å²) in [4.78, 5) is 0. The van der Waals surface area contributed by atoms with E-state index < -0.39 is 11.8 Å². The lowest BCUT2D eigenvalue weighted by atomic mass is 11.2. The van der Waals surface area contributed by atoms with Crippen LogP contribution in [0.2, 0.25) is 0 Å². The molecule has 0 amide bonds. The van der Waals surface area contributed by atoms with Crippen LogP contribution in [0.15, 0.2) is 0 Å². The molecule has 0 aliphatic rings. The average Bonchev–Trinajstić information content (AvgIpc) is 1.14. The van der Waals surface area contributed by atoms with Crippen molar-refractivity contribution in [2.24, 2.45) is 0 Å². The minimum absolute atomic E-state index is 2.16. The highest BCUT2D eigenvalue weighted by Gasteiger charge is 2.42. The van der Waals surface area contributed by atoms with E-state index in [0.717, 1.165) is 0 Å². The molecule has 0 atom stereocenters. The average molecular weight is 168 g/mol. The van der Waals surface area contributed by atoms with E-state index in [1.165, 1.54) is 0 Å². The van der Waals surface area contributed by atoms with Crippen LogP contribution in [0.5, 0.6) is 0 Å². The number of halogens is 5. The second-order valence-electron chi connectivity index (χ2n) is 1.03. The topological polar surface area (TPSA) is 9.23 Å². The Balaban J connectivity index is 3.75. The first-order valence-electron chi connectivity index (χ1n) is 1.58. The van der Waals surface area contributed by atoms with Gasteiger partial charge in [-0.25, -0.2) is 4.74 Å². The smallest absolute Gasteiger partial charge is 0.217 e. The van der Waals surface area contributed by atoms with Crippen molar-refractivity contribution in [3.8, 4) is 0 Å². The zero-order chi connectivity index (χ0) is 7.71. The molecular weight excluding hydrogens is 167 g/mol. The molecule has 0 aromatic heterocycles. The fourth-order valence-corrected chi connectivity index (χ4v) is 0.243. The summed E-state index contributed by atoms with van der Waals surface area (Å²) >= 11 is 2.17. The maximum absolute atomic E-state index is 11.1. The van der Waals surface area contributed by atoms with Crippen LogP contribution < -0.4 is 0 Å². The zero-order valence-electron chi connectivity index (χ0n) is 3.75. The highest BCUT2D eigenvalue weighted by Crippen LogP contribution is 2.29. The van der Waals surface area contributed by atoms with E-state index in [2.05, 4.69) is 17.4 Å². The molecule has 7 heteroatoms. The van der Waals surface area contributed by atoms with Gasteiger partial charge in [0.2, 0.25) is 0 Å². The third-order valence-electron chi connectivity index (χ3n) is 0.239. The zero-order valence-corrected chi connectivity index (χ0v) is 4.64. The van der Waals surface area contributed by atoms with Gasteiger partial charge in [-0.05, 0) is 0 Å². The maximum atomic E-state index is 11.1. The molecule has 0 aromatic carbocycles. The minimum atomic E-state index is -5.34. The Morgan fingerprint density at radius 2 is 1.33 bits per heavy atom. The van der Waals surface area contributed by atoms with Gasteiger partial charge < -0.3 is 0 Å². The lowest BCUT2D eigenvalue weighted by Crippen LogP contribution is -2.24. The van der Waals surface area contributed by atoms with Crippen LogP contribution in [0.4, 0.5) is 22.0 Å². The Hall–Kier alpha value is -0.0400. The molecule has 0 rings (SSSR count). The van der Waals surface area contributed by atoms with E-state index in [9.17, 15) is 22.0 Å². The summed E-state index contributed by atoms with van der Waals surface area (Å²) in [6.45, 7) is 0. The molecule has 0 saturated heterocycles. The monoisotopic (exact) mass is 168 g/mol. The minimum Gasteiger partial charge on any atom is -0.217 e. The molecule has 0 fully saturated rings. The van der Waals surface area contributed by atoms with Gasteiger partial charge in [0.05, 0.1) is 0 Å². The van der Waals surface area contributed by atoms with Crippen molar-refractivity contribution >= 4 is 12.6 Å². The molecule has 0 aromatic rings. The highest BCUT2D eigenvalue weighted by atomic mass is 32.1. The molecule has 1 nitrogen and oxygen atoms in total. The van der Waals surface area contributed by atoms with E-state index in [0.29, 0.717) is 0 Å². The van der Waals surface area contributed by atoms with Gasteiger partial charge in [-0.3, -0.25) is 0 Å². The van der Waals surface area contributed by atoms with Gasteiger partial charge in [0.1, 0.15) is 0 Å². The van der Waals surface area contributed by atoms with Gasteiger partial charge in [-0.2, -0.15) is 8.78 Å². The van der Waals surface area contributed by atoms with Gasteiger partial charge in [-0.15, -0.1) is 13.2 Å². The van der Waals surface area contributed by atoms with Crippen LogP contribution in [0.3, 0.4) is 0 Å². The molecule has 0 aliphatic carbocycles. The number of alkyl halides is 5. The molecule has 0 saturated carbocycles. The number of hydrogen-bond acceptors (Lipinski definition) is 2. The summed E-state index contributed by atoms with van der Waals surface area (Å²) < 4.78 is 56.8. The van der Waals surface area contributed by atoms with Crippen molar-refractivity contribution in [2.75, 3.05) is 0 Å². The number of hydrogen-bond donors (Lipinski definition) is 1. The lowest BCUT2D eigenvalue weighted by molar-refractivity contribution is -0.394. The van der Waals surface area contributed by atoms with Crippen LogP contribution in [0, 0.1) is 0 Å². The van der Waals surface area contributed by atoms with Crippen molar-refractivity contribution in [1.29, 1.82) is 0 Å². The summed E-state index contributed by atoms with van der Waals surface area (Å²) in [6.07, 6.45) is -5.34. The lowest BCUT2D eigenvalue weighted by Gasteiger charge is -2.11. The third kappa shape index (κ3) is 7.96. The molecule has 56 valence electrons. The predicted molar refractivity (Wildman–Crippen MR) is 21.1 cm³/mol. The van der Waals surface area contributed by atoms with Crippen molar-refractivity contribution < 1.29 is 26.7 Å². The van der Waals surface area contributed by atoms with Crippen molar-refractivity contribution in [3.05, 3.63) is 0 Å². The maximum Gasteiger partial charge on any atom is 0.527 e. The molecule has 0 N–H and O–H groups in total. The van der Waals surface area contributed by atoms with Gasteiger partial charge in [0, 0.05) is 0 Å². The summed E-state index contributed by atoms with van der Waals surface area (Å²) in [5.41, 5.74) is -4.45. The summed E-state index contributed by atoms with van der Waals surface area (Å²) in [6, 6.07) is 0. The first kappa shape index (κ1) is 8.96. The number of rotatable bonds is 1. The van der Waals surface area contributed by atoms with Crippen molar-refractivity contribution in [3.63, 3.8) is 0 Å². The predicted octanol–water partition coefficient (Wildman–Crippen LogP) is 2.00. The van der Waals surface area contributed by atoms with Crippen LogP contribution in [-0.2, 0) is 4.74 Å². The normalized spacial score (nSPS) is 14.0. The molecule has 0 heterocycles. The quantitative estimate of drug-likeness (QED) is 0.358. The largest absolute Gasteiger partial charge is 0.527 e. The number of thiol groups is 1. The molecule has 0 aliphatic heterocycles. The molecule has 0 bridgehead atoms. The fraction of sp³-hybridized carbons (Fsp3) is 1.00. The molecular formula is C2HF5OS.